The summed E-state index contributed by atoms with van der Waals surface area (Å²) in [5.74, 6) is 1.69. The predicted octanol–water partition coefficient (Wildman–Crippen LogP) is 2.18. The Morgan fingerprint density at radius 2 is 2.05 bits per heavy atom. The highest BCUT2D eigenvalue weighted by Gasteiger charge is 2.00. The molecular formula is C16H27N3O2. The molecule has 5 heteroatoms. The first-order chi connectivity index (χ1) is 10.3. The summed E-state index contributed by atoms with van der Waals surface area (Å²) in [5, 5.41) is 6.48. The van der Waals surface area contributed by atoms with Crippen molar-refractivity contribution < 1.29 is 9.47 Å². The highest BCUT2D eigenvalue weighted by atomic mass is 16.5. The Labute approximate surface area is 127 Å². The zero-order valence-corrected chi connectivity index (χ0v) is 13.3. The van der Waals surface area contributed by atoms with Gasteiger partial charge in [-0.1, -0.05) is 19.1 Å². The van der Waals surface area contributed by atoms with Crippen molar-refractivity contribution in [1.29, 1.82) is 0 Å². The summed E-state index contributed by atoms with van der Waals surface area (Å²) in [7, 11) is 1.76. The smallest absolute Gasteiger partial charge is 0.191 e. The molecule has 0 saturated heterocycles. The lowest BCUT2D eigenvalue weighted by Gasteiger charge is -2.12. The van der Waals surface area contributed by atoms with E-state index in [2.05, 4.69) is 34.7 Å². The average Bonchev–Trinajstić information content (AvgIpc) is 2.52. The number of rotatable bonds is 9. The fourth-order valence-corrected chi connectivity index (χ4v) is 1.76. The minimum atomic E-state index is 0.678. The van der Waals surface area contributed by atoms with Crippen LogP contribution in [0.15, 0.2) is 29.3 Å². The lowest BCUT2D eigenvalue weighted by Crippen LogP contribution is -2.38. The number of nitrogens with zero attached hydrogens (tertiary/aromatic N) is 1. The molecule has 0 fully saturated rings. The number of hydrogen-bond acceptors (Lipinski definition) is 3. The second kappa shape index (κ2) is 11.0. The van der Waals surface area contributed by atoms with Crippen molar-refractivity contribution in [3.8, 4) is 5.75 Å². The van der Waals surface area contributed by atoms with Crippen LogP contribution >= 0.6 is 0 Å². The molecule has 0 amide bonds. The molecule has 0 bridgehead atoms. The zero-order valence-electron chi connectivity index (χ0n) is 13.3. The fraction of sp³-hybridized carbons (Fsp3) is 0.562. The van der Waals surface area contributed by atoms with E-state index in [4.69, 9.17) is 9.47 Å². The van der Waals surface area contributed by atoms with Crippen LogP contribution in [0.1, 0.15) is 25.8 Å². The summed E-state index contributed by atoms with van der Waals surface area (Å²) in [6.07, 6.45) is 1.01. The van der Waals surface area contributed by atoms with Crippen LogP contribution in [-0.4, -0.2) is 39.4 Å². The fourth-order valence-electron chi connectivity index (χ4n) is 1.76. The van der Waals surface area contributed by atoms with Gasteiger partial charge in [-0.05, 0) is 31.0 Å². The van der Waals surface area contributed by atoms with Gasteiger partial charge in [0.1, 0.15) is 5.75 Å². The quantitative estimate of drug-likeness (QED) is 0.416. The highest BCUT2D eigenvalue weighted by molar-refractivity contribution is 5.79. The van der Waals surface area contributed by atoms with Gasteiger partial charge in [-0.15, -0.1) is 0 Å². The van der Waals surface area contributed by atoms with Crippen molar-refractivity contribution in [3.05, 3.63) is 29.8 Å². The van der Waals surface area contributed by atoms with Gasteiger partial charge in [0.05, 0.1) is 13.2 Å². The predicted molar refractivity (Wildman–Crippen MR) is 86.9 cm³/mol. The zero-order chi connectivity index (χ0) is 15.3. The topological polar surface area (TPSA) is 54.9 Å². The monoisotopic (exact) mass is 293 g/mol. The van der Waals surface area contributed by atoms with E-state index in [0.29, 0.717) is 13.2 Å². The first kappa shape index (κ1) is 17.3. The molecule has 0 unspecified atom stereocenters. The third-order valence-corrected chi connectivity index (χ3v) is 2.80. The Morgan fingerprint density at radius 1 is 1.19 bits per heavy atom. The maximum absolute atomic E-state index is 5.63. The van der Waals surface area contributed by atoms with E-state index in [-0.39, 0.29) is 0 Å². The molecule has 0 aliphatic heterocycles. The lowest BCUT2D eigenvalue weighted by atomic mass is 10.2. The van der Waals surface area contributed by atoms with Crippen molar-refractivity contribution in [1.82, 2.24) is 10.6 Å². The molecule has 2 N–H and O–H groups in total. The molecule has 1 aromatic carbocycles. The van der Waals surface area contributed by atoms with E-state index in [1.54, 1.807) is 7.05 Å². The van der Waals surface area contributed by atoms with Crippen molar-refractivity contribution in [2.24, 2.45) is 4.99 Å². The van der Waals surface area contributed by atoms with Crippen LogP contribution in [0, 0.1) is 0 Å². The Kier molecular flexibility index (Phi) is 9.04. The summed E-state index contributed by atoms with van der Waals surface area (Å²) in [4.78, 5) is 4.18. The molecular weight excluding hydrogens is 266 g/mol. The largest absolute Gasteiger partial charge is 0.494 e. The Morgan fingerprint density at radius 3 is 2.76 bits per heavy atom. The van der Waals surface area contributed by atoms with Crippen LogP contribution in [-0.2, 0) is 11.3 Å². The first-order valence-corrected chi connectivity index (χ1v) is 7.54. The maximum atomic E-state index is 5.63. The van der Waals surface area contributed by atoms with Crippen LogP contribution in [0.4, 0.5) is 0 Å². The summed E-state index contributed by atoms with van der Waals surface area (Å²) in [5.41, 5.74) is 1.16. The summed E-state index contributed by atoms with van der Waals surface area (Å²) in [6.45, 7) is 7.70. The molecule has 0 aliphatic carbocycles. The molecule has 0 aliphatic rings. The number of benzene rings is 1. The summed E-state index contributed by atoms with van der Waals surface area (Å²) < 4.78 is 10.9. The summed E-state index contributed by atoms with van der Waals surface area (Å²) in [6, 6.07) is 8.11. The van der Waals surface area contributed by atoms with Gasteiger partial charge in [-0.2, -0.15) is 0 Å². The molecule has 1 aromatic rings. The molecule has 118 valence electrons. The van der Waals surface area contributed by atoms with Gasteiger partial charge in [0.25, 0.3) is 0 Å². The molecule has 21 heavy (non-hydrogen) atoms. The van der Waals surface area contributed by atoms with Gasteiger partial charge in [-0.25, -0.2) is 0 Å². The van der Waals surface area contributed by atoms with E-state index in [9.17, 15) is 0 Å². The molecule has 0 aromatic heterocycles. The van der Waals surface area contributed by atoms with Crippen molar-refractivity contribution in [3.63, 3.8) is 0 Å². The third-order valence-electron chi connectivity index (χ3n) is 2.80. The minimum absolute atomic E-state index is 0.678. The molecule has 1 rings (SSSR count). The highest BCUT2D eigenvalue weighted by Crippen LogP contribution is 2.13. The van der Waals surface area contributed by atoms with Crippen LogP contribution in [0.5, 0.6) is 5.75 Å². The second-order valence-electron chi connectivity index (χ2n) is 4.55. The van der Waals surface area contributed by atoms with Gasteiger partial charge in [0, 0.05) is 26.7 Å². The van der Waals surface area contributed by atoms with Crippen LogP contribution < -0.4 is 15.4 Å². The molecule has 0 atom stereocenters. The van der Waals surface area contributed by atoms with Crippen molar-refractivity contribution in [2.75, 3.05) is 33.4 Å². The number of aliphatic imine (C=N–C) groups is 1. The van der Waals surface area contributed by atoms with E-state index < -0.39 is 0 Å². The number of guanidine groups is 1. The van der Waals surface area contributed by atoms with Crippen LogP contribution in [0.25, 0.3) is 0 Å². The molecule has 5 nitrogen and oxygen atoms in total. The van der Waals surface area contributed by atoms with Crippen LogP contribution in [0.3, 0.4) is 0 Å². The van der Waals surface area contributed by atoms with E-state index in [1.807, 2.05) is 19.1 Å². The first-order valence-electron chi connectivity index (χ1n) is 7.54. The third kappa shape index (κ3) is 7.56. The van der Waals surface area contributed by atoms with Gasteiger partial charge in [-0.3, -0.25) is 4.99 Å². The summed E-state index contributed by atoms with van der Waals surface area (Å²) >= 11 is 0. The van der Waals surface area contributed by atoms with Gasteiger partial charge >= 0.3 is 0 Å². The standard InChI is InChI=1S/C16H27N3O2/c1-4-10-21-15-8-6-7-14(12-15)13-19-16(17-3)18-9-11-20-5-2/h6-8,12H,4-5,9-11,13H2,1-3H3,(H2,17,18,19). The molecule has 0 heterocycles. The Bertz CT molecular complexity index is 422. The van der Waals surface area contributed by atoms with Gasteiger partial charge in [0.15, 0.2) is 5.96 Å². The molecule has 0 radical (unpaired) electrons. The lowest BCUT2D eigenvalue weighted by molar-refractivity contribution is 0.152. The van der Waals surface area contributed by atoms with E-state index in [0.717, 1.165) is 43.5 Å². The maximum Gasteiger partial charge on any atom is 0.191 e. The Balaban J connectivity index is 2.38. The number of nitrogens with one attached hydrogen (secondary N) is 2. The van der Waals surface area contributed by atoms with E-state index >= 15 is 0 Å². The SMILES string of the molecule is CCCOc1cccc(CNC(=NC)NCCOCC)c1. The Hall–Kier alpha value is -1.75. The van der Waals surface area contributed by atoms with Gasteiger partial charge < -0.3 is 20.1 Å². The minimum Gasteiger partial charge on any atom is -0.494 e. The number of ether oxygens (including phenoxy) is 2. The molecule has 0 spiro atoms. The average molecular weight is 293 g/mol. The van der Waals surface area contributed by atoms with E-state index in [1.165, 1.54) is 0 Å². The number of hydrogen-bond donors (Lipinski definition) is 2. The van der Waals surface area contributed by atoms with Crippen molar-refractivity contribution >= 4 is 5.96 Å². The molecule has 0 saturated carbocycles. The van der Waals surface area contributed by atoms with Gasteiger partial charge in [0.2, 0.25) is 0 Å². The van der Waals surface area contributed by atoms with Crippen molar-refractivity contribution in [2.45, 2.75) is 26.8 Å². The van der Waals surface area contributed by atoms with Crippen LogP contribution in [0.2, 0.25) is 0 Å². The second-order valence-corrected chi connectivity index (χ2v) is 4.55. The normalized spacial score (nSPS) is 11.3.